The highest BCUT2D eigenvalue weighted by Gasteiger charge is 2.28. The molecule has 2 fully saturated rings. The minimum absolute atomic E-state index is 0.131. The first-order valence-electron chi connectivity index (χ1n) is 7.96. The Morgan fingerprint density at radius 1 is 1.10 bits per heavy atom. The van der Waals surface area contributed by atoms with E-state index in [0.717, 1.165) is 25.9 Å². The van der Waals surface area contributed by atoms with Crippen molar-refractivity contribution in [3.63, 3.8) is 0 Å². The molecule has 1 N–H and O–H groups in total. The van der Waals surface area contributed by atoms with Crippen molar-refractivity contribution < 1.29 is 4.79 Å². The average Bonchev–Trinajstić information content (AvgIpc) is 2.56. The molecule has 1 aromatic heterocycles. The number of hydrogen-bond donors (Lipinski definition) is 1. The lowest BCUT2D eigenvalue weighted by atomic mass is 9.99. The van der Waals surface area contributed by atoms with Gasteiger partial charge in [0.15, 0.2) is 5.43 Å². The van der Waals surface area contributed by atoms with E-state index < -0.39 is 0 Å². The number of aromatic nitrogens is 1. The Labute approximate surface area is 124 Å². The van der Waals surface area contributed by atoms with Gasteiger partial charge in [-0.25, -0.2) is 0 Å². The lowest BCUT2D eigenvalue weighted by molar-refractivity contribution is 0.0588. The fraction of sp³-hybridized carbons (Fsp3) is 0.625. The SMILES string of the molecule is O=C(c1c[nH]ccc1=O)N1CCC(N2CCCCC2)CC1. The zero-order chi connectivity index (χ0) is 14.7. The van der Waals surface area contributed by atoms with Crippen molar-refractivity contribution in [3.05, 3.63) is 34.2 Å². The molecule has 0 atom stereocenters. The summed E-state index contributed by atoms with van der Waals surface area (Å²) in [6.07, 6.45) is 9.08. The molecule has 3 rings (SSSR count). The van der Waals surface area contributed by atoms with Crippen LogP contribution in [0.25, 0.3) is 0 Å². The summed E-state index contributed by atoms with van der Waals surface area (Å²) < 4.78 is 0. The molecule has 0 radical (unpaired) electrons. The second kappa shape index (κ2) is 6.43. The zero-order valence-corrected chi connectivity index (χ0v) is 12.4. The second-order valence-electron chi connectivity index (χ2n) is 6.04. The van der Waals surface area contributed by atoms with Crippen molar-refractivity contribution in [2.45, 2.75) is 38.1 Å². The first-order chi connectivity index (χ1) is 10.3. The molecule has 0 saturated carbocycles. The molecule has 1 amide bonds. The number of nitrogens with one attached hydrogen (secondary N) is 1. The molecular formula is C16H23N3O2. The van der Waals surface area contributed by atoms with Gasteiger partial charge in [-0.1, -0.05) is 6.42 Å². The van der Waals surface area contributed by atoms with E-state index in [1.807, 2.05) is 4.90 Å². The van der Waals surface area contributed by atoms with Crippen LogP contribution in [-0.2, 0) is 0 Å². The summed E-state index contributed by atoms with van der Waals surface area (Å²) in [5.41, 5.74) is 0.0610. The third-order valence-electron chi connectivity index (χ3n) is 4.71. The Bertz CT molecular complexity index is 540. The molecule has 5 heteroatoms. The summed E-state index contributed by atoms with van der Waals surface area (Å²) in [6, 6.07) is 2.02. The minimum Gasteiger partial charge on any atom is -0.367 e. The van der Waals surface area contributed by atoms with Crippen LogP contribution >= 0.6 is 0 Å². The largest absolute Gasteiger partial charge is 0.367 e. The van der Waals surface area contributed by atoms with E-state index in [1.165, 1.54) is 44.6 Å². The van der Waals surface area contributed by atoms with Crippen LogP contribution in [0.1, 0.15) is 42.5 Å². The Morgan fingerprint density at radius 2 is 1.81 bits per heavy atom. The summed E-state index contributed by atoms with van der Waals surface area (Å²) in [5, 5.41) is 0. The van der Waals surface area contributed by atoms with Crippen LogP contribution in [0.2, 0.25) is 0 Å². The lowest BCUT2D eigenvalue weighted by Gasteiger charge is -2.40. The maximum atomic E-state index is 12.4. The van der Waals surface area contributed by atoms with Crippen molar-refractivity contribution in [2.75, 3.05) is 26.2 Å². The van der Waals surface area contributed by atoms with Crippen LogP contribution in [-0.4, -0.2) is 52.9 Å². The number of hydrogen-bond acceptors (Lipinski definition) is 3. The van der Waals surface area contributed by atoms with Gasteiger partial charge in [-0.15, -0.1) is 0 Å². The van der Waals surface area contributed by atoms with E-state index in [2.05, 4.69) is 9.88 Å². The van der Waals surface area contributed by atoms with Gasteiger partial charge >= 0.3 is 0 Å². The van der Waals surface area contributed by atoms with Crippen LogP contribution in [0.3, 0.4) is 0 Å². The van der Waals surface area contributed by atoms with Gasteiger partial charge in [0.25, 0.3) is 5.91 Å². The van der Waals surface area contributed by atoms with Crippen LogP contribution in [0.5, 0.6) is 0 Å². The molecule has 21 heavy (non-hydrogen) atoms. The predicted molar refractivity (Wildman–Crippen MR) is 81.4 cm³/mol. The van der Waals surface area contributed by atoms with E-state index >= 15 is 0 Å². The maximum absolute atomic E-state index is 12.4. The fourth-order valence-corrected chi connectivity index (χ4v) is 3.47. The Balaban J connectivity index is 1.59. The standard InChI is InChI=1S/C16H23N3O2/c20-15-4-7-17-12-14(15)16(21)19-10-5-13(6-11-19)18-8-2-1-3-9-18/h4,7,12-13H,1-3,5-6,8-11H2,(H,17,20). The highest BCUT2D eigenvalue weighted by molar-refractivity contribution is 5.93. The molecule has 114 valence electrons. The Kier molecular flexibility index (Phi) is 4.39. The van der Waals surface area contributed by atoms with Crippen molar-refractivity contribution in [1.82, 2.24) is 14.8 Å². The smallest absolute Gasteiger partial charge is 0.259 e. The van der Waals surface area contributed by atoms with Crippen LogP contribution in [0, 0.1) is 0 Å². The summed E-state index contributed by atoms with van der Waals surface area (Å²) in [6.45, 7) is 3.93. The quantitative estimate of drug-likeness (QED) is 0.897. The van der Waals surface area contributed by atoms with Crippen molar-refractivity contribution in [2.24, 2.45) is 0 Å². The van der Waals surface area contributed by atoms with Gasteiger partial charge in [-0.2, -0.15) is 0 Å². The van der Waals surface area contributed by atoms with Gasteiger partial charge in [0.05, 0.1) is 0 Å². The van der Waals surface area contributed by atoms with Gasteiger partial charge in [-0.3, -0.25) is 9.59 Å². The van der Waals surface area contributed by atoms with Crippen LogP contribution < -0.4 is 5.43 Å². The first-order valence-corrected chi connectivity index (χ1v) is 7.96. The zero-order valence-electron chi connectivity index (χ0n) is 12.4. The van der Waals surface area contributed by atoms with Crippen molar-refractivity contribution in [3.8, 4) is 0 Å². The van der Waals surface area contributed by atoms with E-state index in [1.54, 1.807) is 6.20 Å². The van der Waals surface area contributed by atoms with Crippen molar-refractivity contribution >= 4 is 5.91 Å². The predicted octanol–water partition coefficient (Wildman–Crippen LogP) is 1.47. The number of pyridine rings is 1. The number of nitrogens with zero attached hydrogens (tertiary/aromatic N) is 2. The summed E-state index contributed by atoms with van der Waals surface area (Å²) in [5.74, 6) is -0.131. The number of H-pyrrole nitrogens is 1. The Hall–Kier alpha value is -1.62. The molecule has 0 aromatic carbocycles. The van der Waals surface area contributed by atoms with Gasteiger partial charge in [0.1, 0.15) is 5.56 Å². The minimum atomic E-state index is -0.197. The molecule has 5 nitrogen and oxygen atoms in total. The summed E-state index contributed by atoms with van der Waals surface area (Å²) in [7, 11) is 0. The van der Waals surface area contributed by atoms with E-state index in [9.17, 15) is 9.59 Å². The number of aromatic amines is 1. The van der Waals surface area contributed by atoms with Gasteiger partial charge in [0.2, 0.25) is 0 Å². The third-order valence-corrected chi connectivity index (χ3v) is 4.71. The van der Waals surface area contributed by atoms with Crippen LogP contribution in [0.15, 0.2) is 23.3 Å². The highest BCUT2D eigenvalue weighted by atomic mass is 16.2. The summed E-state index contributed by atoms with van der Waals surface area (Å²) >= 11 is 0. The van der Waals surface area contributed by atoms with E-state index in [0.29, 0.717) is 6.04 Å². The number of likely N-dealkylation sites (tertiary alicyclic amines) is 2. The van der Waals surface area contributed by atoms with E-state index in [-0.39, 0.29) is 16.9 Å². The molecule has 1 aromatic rings. The number of carbonyl (C=O) groups excluding carboxylic acids is 1. The number of carbonyl (C=O) groups is 1. The monoisotopic (exact) mass is 289 g/mol. The molecule has 0 bridgehead atoms. The van der Waals surface area contributed by atoms with Gasteiger partial charge in [0, 0.05) is 37.6 Å². The topological polar surface area (TPSA) is 56.4 Å². The highest BCUT2D eigenvalue weighted by Crippen LogP contribution is 2.21. The molecule has 0 spiro atoms. The maximum Gasteiger partial charge on any atom is 0.259 e. The number of amides is 1. The molecule has 2 aliphatic heterocycles. The first kappa shape index (κ1) is 14.3. The molecule has 0 aliphatic carbocycles. The normalized spacial score (nSPS) is 21.4. The fourth-order valence-electron chi connectivity index (χ4n) is 3.47. The second-order valence-corrected chi connectivity index (χ2v) is 6.04. The molecular weight excluding hydrogens is 266 g/mol. The lowest BCUT2D eigenvalue weighted by Crippen LogP contribution is -2.48. The van der Waals surface area contributed by atoms with Crippen LogP contribution in [0.4, 0.5) is 0 Å². The average molecular weight is 289 g/mol. The molecule has 2 saturated heterocycles. The van der Waals surface area contributed by atoms with Gasteiger partial charge in [-0.05, 0) is 38.8 Å². The van der Waals surface area contributed by atoms with Crippen molar-refractivity contribution in [1.29, 1.82) is 0 Å². The molecule has 0 unspecified atom stereocenters. The van der Waals surface area contributed by atoms with Gasteiger partial charge < -0.3 is 14.8 Å². The van der Waals surface area contributed by atoms with E-state index in [4.69, 9.17) is 0 Å². The summed E-state index contributed by atoms with van der Waals surface area (Å²) in [4.78, 5) is 31.4. The number of piperidine rings is 2. The molecule has 2 aliphatic rings. The molecule has 3 heterocycles. The number of rotatable bonds is 2. The Morgan fingerprint density at radius 3 is 2.48 bits per heavy atom. The third kappa shape index (κ3) is 3.18.